The van der Waals surface area contributed by atoms with E-state index in [1.54, 1.807) is 19.3 Å². The van der Waals surface area contributed by atoms with Crippen LogP contribution >= 0.6 is 0 Å². The van der Waals surface area contributed by atoms with Gasteiger partial charge in [0.1, 0.15) is 5.75 Å². The topological polar surface area (TPSA) is 38.3 Å². The molecule has 0 unspecified atom stereocenters. The van der Waals surface area contributed by atoms with E-state index < -0.39 is 0 Å². The fraction of sp³-hybridized carbons (Fsp3) is 0.400. The van der Waals surface area contributed by atoms with Crippen molar-refractivity contribution in [2.24, 2.45) is 0 Å². The van der Waals surface area contributed by atoms with E-state index in [-0.39, 0.29) is 11.9 Å². The van der Waals surface area contributed by atoms with Gasteiger partial charge in [0, 0.05) is 12.1 Å². The Morgan fingerprint density at radius 2 is 2.06 bits per heavy atom. The van der Waals surface area contributed by atoms with Crippen LogP contribution in [-0.4, -0.2) is 19.1 Å². The molecule has 3 heteroatoms. The highest BCUT2D eigenvalue weighted by Crippen LogP contribution is 2.12. The number of hydrogen-bond donors (Lipinski definition) is 1. The summed E-state index contributed by atoms with van der Waals surface area (Å²) in [6.07, 6.45) is 5.44. The maximum atomic E-state index is 11.6. The highest BCUT2D eigenvalue weighted by Gasteiger charge is 2.02. The molecule has 0 heterocycles. The van der Waals surface area contributed by atoms with E-state index in [1.807, 2.05) is 31.2 Å². The first kappa shape index (κ1) is 14.3. The van der Waals surface area contributed by atoms with Crippen molar-refractivity contribution in [1.82, 2.24) is 5.32 Å². The lowest BCUT2D eigenvalue weighted by atomic mass is 10.2. The van der Waals surface area contributed by atoms with Crippen molar-refractivity contribution < 1.29 is 9.53 Å². The lowest BCUT2D eigenvalue weighted by Crippen LogP contribution is -2.30. The Hall–Kier alpha value is -1.77. The fourth-order valence-electron chi connectivity index (χ4n) is 1.68. The summed E-state index contributed by atoms with van der Waals surface area (Å²) < 4.78 is 5.07. The Morgan fingerprint density at radius 3 is 2.61 bits per heavy atom. The third kappa shape index (κ3) is 5.04. The Morgan fingerprint density at radius 1 is 1.39 bits per heavy atom. The highest BCUT2D eigenvalue weighted by atomic mass is 16.5. The van der Waals surface area contributed by atoms with Gasteiger partial charge in [-0.1, -0.05) is 25.5 Å². The predicted molar refractivity (Wildman–Crippen MR) is 74.5 cm³/mol. The van der Waals surface area contributed by atoms with E-state index >= 15 is 0 Å². The molecule has 0 spiro atoms. The summed E-state index contributed by atoms with van der Waals surface area (Å²) in [5.41, 5.74) is 0.981. The molecule has 0 saturated heterocycles. The Balaban J connectivity index is 2.49. The third-order valence-electron chi connectivity index (χ3n) is 2.65. The third-order valence-corrected chi connectivity index (χ3v) is 2.65. The summed E-state index contributed by atoms with van der Waals surface area (Å²) >= 11 is 0. The average molecular weight is 247 g/mol. The Bertz CT molecular complexity index is 395. The lowest BCUT2D eigenvalue weighted by Gasteiger charge is -2.10. The van der Waals surface area contributed by atoms with Crippen LogP contribution in [0.4, 0.5) is 0 Å². The van der Waals surface area contributed by atoms with Gasteiger partial charge < -0.3 is 10.1 Å². The van der Waals surface area contributed by atoms with Crippen molar-refractivity contribution in [2.45, 2.75) is 32.7 Å². The van der Waals surface area contributed by atoms with E-state index in [9.17, 15) is 4.79 Å². The molecule has 0 aliphatic carbocycles. The van der Waals surface area contributed by atoms with Crippen LogP contribution in [0, 0.1) is 0 Å². The largest absolute Gasteiger partial charge is 0.497 e. The zero-order valence-corrected chi connectivity index (χ0v) is 11.3. The molecule has 0 saturated carbocycles. The van der Waals surface area contributed by atoms with Gasteiger partial charge in [-0.25, -0.2) is 0 Å². The van der Waals surface area contributed by atoms with Crippen molar-refractivity contribution in [1.29, 1.82) is 0 Å². The number of benzene rings is 1. The summed E-state index contributed by atoms with van der Waals surface area (Å²) in [6.45, 7) is 4.12. The van der Waals surface area contributed by atoms with E-state index in [2.05, 4.69) is 12.2 Å². The molecule has 0 aromatic heterocycles. The molecule has 1 aromatic carbocycles. The normalized spacial score (nSPS) is 12.4. The summed E-state index contributed by atoms with van der Waals surface area (Å²) in [5.74, 6) is 0.764. The van der Waals surface area contributed by atoms with Gasteiger partial charge in [0.15, 0.2) is 0 Å². The van der Waals surface area contributed by atoms with Gasteiger partial charge in [-0.2, -0.15) is 0 Å². The summed E-state index contributed by atoms with van der Waals surface area (Å²) in [5, 5.41) is 2.92. The van der Waals surface area contributed by atoms with Crippen molar-refractivity contribution >= 4 is 12.0 Å². The average Bonchev–Trinajstić information content (AvgIpc) is 2.37. The number of amides is 1. The predicted octanol–water partition coefficient (Wildman–Crippen LogP) is 3.01. The molecule has 0 bridgehead atoms. The van der Waals surface area contributed by atoms with Gasteiger partial charge in [0.2, 0.25) is 5.91 Å². The zero-order valence-electron chi connectivity index (χ0n) is 11.3. The van der Waals surface area contributed by atoms with Crippen molar-refractivity contribution in [3.05, 3.63) is 35.9 Å². The summed E-state index contributed by atoms with van der Waals surface area (Å²) in [6, 6.07) is 7.80. The van der Waals surface area contributed by atoms with Gasteiger partial charge in [0.05, 0.1) is 7.11 Å². The minimum absolute atomic E-state index is 0.0493. The van der Waals surface area contributed by atoms with Gasteiger partial charge in [-0.15, -0.1) is 0 Å². The number of nitrogens with one attached hydrogen (secondary N) is 1. The lowest BCUT2D eigenvalue weighted by molar-refractivity contribution is -0.117. The van der Waals surface area contributed by atoms with Crippen LogP contribution in [-0.2, 0) is 4.79 Å². The number of hydrogen-bond acceptors (Lipinski definition) is 2. The SMILES string of the molecule is CCC[C@H](C)NC(=O)/C=C/c1ccc(OC)cc1. The number of carbonyl (C=O) groups is 1. The molecule has 0 fully saturated rings. The maximum absolute atomic E-state index is 11.6. The van der Waals surface area contributed by atoms with Crippen molar-refractivity contribution in [3.8, 4) is 5.75 Å². The smallest absolute Gasteiger partial charge is 0.244 e. The summed E-state index contributed by atoms with van der Waals surface area (Å²) in [7, 11) is 1.63. The van der Waals surface area contributed by atoms with E-state index in [4.69, 9.17) is 4.74 Å². The second kappa shape index (κ2) is 7.54. The zero-order chi connectivity index (χ0) is 13.4. The molecule has 0 aliphatic heterocycles. The van der Waals surface area contributed by atoms with Crippen molar-refractivity contribution in [3.63, 3.8) is 0 Å². The van der Waals surface area contributed by atoms with Gasteiger partial charge in [0.25, 0.3) is 0 Å². The molecular formula is C15H21NO2. The minimum atomic E-state index is -0.0493. The molecule has 18 heavy (non-hydrogen) atoms. The second-order valence-electron chi connectivity index (χ2n) is 4.30. The van der Waals surface area contributed by atoms with Crippen molar-refractivity contribution in [2.75, 3.05) is 7.11 Å². The van der Waals surface area contributed by atoms with Crippen LogP contribution in [0.5, 0.6) is 5.75 Å². The molecule has 0 aliphatic rings. The van der Waals surface area contributed by atoms with Crippen LogP contribution in [0.3, 0.4) is 0 Å². The molecule has 1 rings (SSSR count). The molecular weight excluding hydrogens is 226 g/mol. The van der Waals surface area contributed by atoms with Crippen LogP contribution in [0.2, 0.25) is 0 Å². The number of methoxy groups -OCH3 is 1. The Kier molecular flexibility index (Phi) is 5.98. The number of carbonyl (C=O) groups excluding carboxylic acids is 1. The van der Waals surface area contributed by atoms with Crippen LogP contribution in [0.15, 0.2) is 30.3 Å². The first-order chi connectivity index (χ1) is 8.65. The molecule has 1 aromatic rings. The molecule has 1 atom stereocenters. The Labute approximate surface area is 109 Å². The number of ether oxygens (including phenoxy) is 1. The summed E-state index contributed by atoms with van der Waals surface area (Å²) in [4.78, 5) is 11.6. The first-order valence-corrected chi connectivity index (χ1v) is 6.28. The standard InChI is InChI=1S/C15H21NO2/c1-4-5-12(2)16-15(17)11-8-13-6-9-14(18-3)10-7-13/h6-12H,4-5H2,1-3H3,(H,16,17)/b11-8+/t12-/m0/s1. The fourth-order valence-corrected chi connectivity index (χ4v) is 1.68. The van der Waals surface area contributed by atoms with Crippen LogP contribution in [0.25, 0.3) is 6.08 Å². The first-order valence-electron chi connectivity index (χ1n) is 6.28. The molecule has 1 amide bonds. The van der Waals surface area contributed by atoms with Crippen LogP contribution < -0.4 is 10.1 Å². The van der Waals surface area contributed by atoms with Gasteiger partial charge in [-0.05, 0) is 37.1 Å². The monoisotopic (exact) mass is 247 g/mol. The minimum Gasteiger partial charge on any atom is -0.497 e. The second-order valence-corrected chi connectivity index (χ2v) is 4.30. The van der Waals surface area contributed by atoms with E-state index in [0.29, 0.717) is 0 Å². The van der Waals surface area contributed by atoms with Gasteiger partial charge in [-0.3, -0.25) is 4.79 Å². The molecule has 98 valence electrons. The maximum Gasteiger partial charge on any atom is 0.244 e. The van der Waals surface area contributed by atoms with Crippen LogP contribution in [0.1, 0.15) is 32.3 Å². The molecule has 1 N–H and O–H groups in total. The highest BCUT2D eigenvalue weighted by molar-refractivity contribution is 5.91. The molecule has 0 radical (unpaired) electrons. The van der Waals surface area contributed by atoms with E-state index in [1.165, 1.54) is 0 Å². The molecule has 3 nitrogen and oxygen atoms in total. The quantitative estimate of drug-likeness (QED) is 0.785. The number of rotatable bonds is 6. The van der Waals surface area contributed by atoms with E-state index in [0.717, 1.165) is 24.2 Å². The van der Waals surface area contributed by atoms with Gasteiger partial charge >= 0.3 is 0 Å².